The Morgan fingerprint density at radius 2 is 1.94 bits per heavy atom. The van der Waals surface area contributed by atoms with Crippen molar-refractivity contribution in [2.75, 3.05) is 35.4 Å². The zero-order valence-corrected chi connectivity index (χ0v) is 11.9. The molecule has 0 bridgehead atoms. The Labute approximate surface area is 108 Å². The summed E-state index contributed by atoms with van der Waals surface area (Å²) < 4.78 is 21.8. The van der Waals surface area contributed by atoms with Gasteiger partial charge in [-0.15, -0.1) is 0 Å². The standard InChI is InChI=1S/C12H19NO2S2/c1-11-5-3-4-6-12(11)13-7-8-16-9-10-17(2,14)15/h3-6,13H,7-10H2,1-2H3. The van der Waals surface area contributed by atoms with E-state index in [1.807, 2.05) is 12.1 Å². The summed E-state index contributed by atoms with van der Waals surface area (Å²) in [5.41, 5.74) is 2.38. The van der Waals surface area contributed by atoms with Crippen molar-refractivity contribution in [3.63, 3.8) is 0 Å². The summed E-state index contributed by atoms with van der Waals surface area (Å²) in [5.74, 6) is 1.86. The number of hydrogen-bond donors (Lipinski definition) is 1. The van der Waals surface area contributed by atoms with Crippen molar-refractivity contribution in [2.45, 2.75) is 6.92 Å². The van der Waals surface area contributed by atoms with Crippen LogP contribution in [0.3, 0.4) is 0 Å². The average molecular weight is 273 g/mol. The van der Waals surface area contributed by atoms with Crippen LogP contribution in [0.15, 0.2) is 24.3 Å². The Morgan fingerprint density at radius 1 is 1.24 bits per heavy atom. The van der Waals surface area contributed by atoms with Gasteiger partial charge in [0.15, 0.2) is 0 Å². The van der Waals surface area contributed by atoms with E-state index in [1.165, 1.54) is 11.8 Å². The van der Waals surface area contributed by atoms with Crippen LogP contribution >= 0.6 is 11.8 Å². The van der Waals surface area contributed by atoms with Crippen LogP contribution in [0.5, 0.6) is 0 Å². The minimum Gasteiger partial charge on any atom is -0.384 e. The Balaban J connectivity index is 2.15. The van der Waals surface area contributed by atoms with Crippen molar-refractivity contribution in [3.8, 4) is 0 Å². The predicted molar refractivity (Wildman–Crippen MR) is 76.7 cm³/mol. The lowest BCUT2D eigenvalue weighted by Crippen LogP contribution is -2.09. The molecule has 5 heteroatoms. The molecule has 0 atom stereocenters. The van der Waals surface area contributed by atoms with Gasteiger partial charge in [0.05, 0.1) is 5.75 Å². The van der Waals surface area contributed by atoms with Gasteiger partial charge in [-0.1, -0.05) is 18.2 Å². The second-order valence-electron chi connectivity index (χ2n) is 3.98. The van der Waals surface area contributed by atoms with Gasteiger partial charge in [0.2, 0.25) is 0 Å². The normalized spacial score (nSPS) is 11.4. The van der Waals surface area contributed by atoms with Gasteiger partial charge in [0.1, 0.15) is 9.84 Å². The summed E-state index contributed by atoms with van der Waals surface area (Å²) >= 11 is 1.66. The number of sulfone groups is 1. The van der Waals surface area contributed by atoms with Crippen molar-refractivity contribution < 1.29 is 8.42 Å². The second kappa shape index (κ2) is 6.91. The molecule has 1 rings (SSSR count). The molecule has 0 aliphatic carbocycles. The fraction of sp³-hybridized carbons (Fsp3) is 0.500. The number of aryl methyl sites for hydroxylation is 1. The molecule has 0 spiro atoms. The maximum Gasteiger partial charge on any atom is 0.148 e. The molecule has 0 fully saturated rings. The smallest absolute Gasteiger partial charge is 0.148 e. The lowest BCUT2D eigenvalue weighted by molar-refractivity contribution is 0.603. The summed E-state index contributed by atoms with van der Waals surface area (Å²) in [6, 6.07) is 8.14. The van der Waals surface area contributed by atoms with Gasteiger partial charge < -0.3 is 5.32 Å². The maximum absolute atomic E-state index is 10.9. The number of hydrogen-bond acceptors (Lipinski definition) is 4. The number of thioether (sulfide) groups is 1. The molecule has 1 aromatic carbocycles. The number of para-hydroxylation sites is 1. The Hall–Kier alpha value is -0.680. The summed E-state index contributed by atoms with van der Waals surface area (Å²) in [6.07, 6.45) is 1.28. The summed E-state index contributed by atoms with van der Waals surface area (Å²) in [4.78, 5) is 0. The fourth-order valence-corrected chi connectivity index (χ4v) is 3.47. The van der Waals surface area contributed by atoms with Gasteiger partial charge in [-0.3, -0.25) is 0 Å². The SMILES string of the molecule is Cc1ccccc1NCCSCCS(C)(=O)=O. The van der Waals surface area contributed by atoms with Gasteiger partial charge in [-0.05, 0) is 18.6 Å². The lowest BCUT2D eigenvalue weighted by atomic mass is 10.2. The van der Waals surface area contributed by atoms with Crippen molar-refractivity contribution in [3.05, 3.63) is 29.8 Å². The van der Waals surface area contributed by atoms with Crippen LogP contribution in [-0.4, -0.2) is 38.5 Å². The fourth-order valence-electron chi connectivity index (χ4n) is 1.34. The number of rotatable bonds is 7. The highest BCUT2D eigenvalue weighted by atomic mass is 32.2. The van der Waals surface area contributed by atoms with E-state index in [-0.39, 0.29) is 5.75 Å². The molecule has 0 aliphatic rings. The van der Waals surface area contributed by atoms with Gasteiger partial charge in [-0.25, -0.2) is 8.42 Å². The van der Waals surface area contributed by atoms with Gasteiger partial charge in [0, 0.05) is 30.0 Å². The van der Waals surface area contributed by atoms with Crippen LogP contribution in [0.1, 0.15) is 5.56 Å². The zero-order valence-electron chi connectivity index (χ0n) is 10.3. The Kier molecular flexibility index (Phi) is 5.85. The van der Waals surface area contributed by atoms with Gasteiger partial charge in [0.25, 0.3) is 0 Å². The van der Waals surface area contributed by atoms with E-state index >= 15 is 0 Å². The van der Waals surface area contributed by atoms with E-state index < -0.39 is 9.84 Å². The maximum atomic E-state index is 10.9. The highest BCUT2D eigenvalue weighted by molar-refractivity contribution is 8.00. The topological polar surface area (TPSA) is 46.2 Å². The summed E-state index contributed by atoms with van der Waals surface area (Å²) in [6.45, 7) is 2.93. The van der Waals surface area contributed by atoms with Crippen LogP contribution in [0.25, 0.3) is 0 Å². The first-order valence-electron chi connectivity index (χ1n) is 5.54. The molecular formula is C12H19NO2S2. The van der Waals surface area contributed by atoms with Crippen molar-refractivity contribution in [1.29, 1.82) is 0 Å². The summed E-state index contributed by atoms with van der Waals surface area (Å²) in [7, 11) is -2.81. The minimum atomic E-state index is -2.81. The molecule has 0 saturated carbocycles. The van der Waals surface area contributed by atoms with Gasteiger partial charge >= 0.3 is 0 Å². The van der Waals surface area contributed by atoms with E-state index in [4.69, 9.17) is 0 Å². The lowest BCUT2D eigenvalue weighted by Gasteiger charge is -2.08. The van der Waals surface area contributed by atoms with Crippen LogP contribution in [0.2, 0.25) is 0 Å². The molecule has 1 aromatic rings. The van der Waals surface area contributed by atoms with Gasteiger partial charge in [-0.2, -0.15) is 11.8 Å². The first kappa shape index (κ1) is 14.4. The molecule has 17 heavy (non-hydrogen) atoms. The highest BCUT2D eigenvalue weighted by Gasteiger charge is 2.01. The monoisotopic (exact) mass is 273 g/mol. The molecule has 0 amide bonds. The molecule has 96 valence electrons. The number of nitrogens with one attached hydrogen (secondary N) is 1. The Morgan fingerprint density at radius 3 is 2.59 bits per heavy atom. The number of anilines is 1. The van der Waals surface area contributed by atoms with E-state index in [1.54, 1.807) is 11.8 Å². The molecular weight excluding hydrogens is 254 g/mol. The van der Waals surface area contributed by atoms with Crippen molar-refractivity contribution in [2.24, 2.45) is 0 Å². The van der Waals surface area contributed by atoms with Crippen LogP contribution in [0.4, 0.5) is 5.69 Å². The molecule has 0 unspecified atom stereocenters. The first-order chi connectivity index (χ1) is 7.99. The summed E-state index contributed by atoms with van der Waals surface area (Å²) in [5, 5.41) is 3.34. The molecule has 0 aliphatic heterocycles. The predicted octanol–water partition coefficient (Wildman–Crippen LogP) is 2.18. The van der Waals surface area contributed by atoms with E-state index in [9.17, 15) is 8.42 Å². The van der Waals surface area contributed by atoms with E-state index in [2.05, 4.69) is 24.4 Å². The molecule has 0 heterocycles. The highest BCUT2D eigenvalue weighted by Crippen LogP contribution is 2.13. The molecule has 0 radical (unpaired) electrons. The minimum absolute atomic E-state index is 0.266. The quantitative estimate of drug-likeness (QED) is 0.774. The van der Waals surface area contributed by atoms with Crippen LogP contribution in [-0.2, 0) is 9.84 Å². The van der Waals surface area contributed by atoms with Crippen LogP contribution in [0, 0.1) is 6.92 Å². The zero-order chi connectivity index (χ0) is 12.7. The van der Waals surface area contributed by atoms with Crippen molar-refractivity contribution >= 4 is 27.3 Å². The molecule has 1 N–H and O–H groups in total. The molecule has 0 saturated heterocycles. The van der Waals surface area contributed by atoms with Crippen molar-refractivity contribution in [1.82, 2.24) is 0 Å². The second-order valence-corrected chi connectivity index (χ2v) is 7.47. The average Bonchev–Trinajstić information content (AvgIpc) is 2.24. The molecule has 3 nitrogen and oxygen atoms in total. The largest absolute Gasteiger partial charge is 0.384 e. The molecule has 0 aromatic heterocycles. The third-order valence-corrected chi connectivity index (χ3v) is 4.50. The first-order valence-corrected chi connectivity index (χ1v) is 8.75. The third-order valence-electron chi connectivity index (χ3n) is 2.31. The van der Waals surface area contributed by atoms with E-state index in [0.717, 1.165) is 18.0 Å². The third kappa shape index (κ3) is 6.58. The Bertz CT molecular complexity index is 444. The van der Waals surface area contributed by atoms with Crippen LogP contribution < -0.4 is 5.32 Å². The van der Waals surface area contributed by atoms with E-state index in [0.29, 0.717) is 5.75 Å². The number of benzene rings is 1.